The minimum absolute atomic E-state index is 0.233. The van der Waals surface area contributed by atoms with E-state index in [1.54, 1.807) is 24.3 Å². The Morgan fingerprint density at radius 3 is 2.39 bits per heavy atom. The van der Waals surface area contributed by atoms with Gasteiger partial charge in [0.15, 0.2) is 11.6 Å². The minimum atomic E-state index is -1.41. The maximum Gasteiger partial charge on any atom is 0.238 e. The first-order valence-corrected chi connectivity index (χ1v) is 9.38. The van der Waals surface area contributed by atoms with E-state index < -0.39 is 11.0 Å². The van der Waals surface area contributed by atoms with Crippen LogP contribution in [0.1, 0.15) is 52.6 Å². The van der Waals surface area contributed by atoms with Gasteiger partial charge in [0.1, 0.15) is 5.41 Å². The lowest BCUT2D eigenvalue weighted by Crippen LogP contribution is -2.51. The fraction of sp³-hybridized carbons (Fsp3) is 0.292. The summed E-state index contributed by atoms with van der Waals surface area (Å²) in [6, 6.07) is 14.5. The van der Waals surface area contributed by atoms with Crippen molar-refractivity contribution in [3.63, 3.8) is 0 Å². The second-order valence-electron chi connectivity index (χ2n) is 8.41. The molecule has 0 aliphatic heterocycles. The number of aryl methyl sites for hydroxylation is 1. The fourth-order valence-corrected chi connectivity index (χ4v) is 3.44. The van der Waals surface area contributed by atoms with E-state index >= 15 is 0 Å². The van der Waals surface area contributed by atoms with Crippen LogP contribution >= 0.6 is 0 Å². The Hall–Kier alpha value is -3.01. The highest BCUT2D eigenvalue weighted by Crippen LogP contribution is 2.39. The number of hydrogen-bond donors (Lipinski definition) is 1. The van der Waals surface area contributed by atoms with Gasteiger partial charge in [0.25, 0.3) is 0 Å². The van der Waals surface area contributed by atoms with Crippen LogP contribution < -0.4 is 5.32 Å². The van der Waals surface area contributed by atoms with Crippen molar-refractivity contribution in [1.82, 2.24) is 5.32 Å². The van der Waals surface area contributed by atoms with Crippen LogP contribution in [-0.2, 0) is 11.2 Å². The third-order valence-corrected chi connectivity index (χ3v) is 4.86. The van der Waals surface area contributed by atoms with Crippen molar-refractivity contribution in [1.29, 1.82) is 0 Å². The van der Waals surface area contributed by atoms with E-state index in [9.17, 15) is 14.4 Å². The minimum Gasteiger partial charge on any atom is -0.350 e. The summed E-state index contributed by atoms with van der Waals surface area (Å²) in [6.45, 7) is 7.52. The number of allylic oxidation sites excluding steroid dienone is 1. The lowest BCUT2D eigenvalue weighted by atomic mass is 9.81. The van der Waals surface area contributed by atoms with E-state index in [0.29, 0.717) is 11.1 Å². The number of fused-ring (bicyclic) bond motifs is 1. The first-order chi connectivity index (χ1) is 13.1. The van der Waals surface area contributed by atoms with Crippen LogP contribution in [0.5, 0.6) is 0 Å². The quantitative estimate of drug-likeness (QED) is 0.498. The molecule has 0 bridgehead atoms. The molecule has 0 radical (unpaired) electrons. The lowest BCUT2D eigenvalue weighted by Gasteiger charge is -2.29. The Morgan fingerprint density at radius 2 is 1.75 bits per heavy atom. The van der Waals surface area contributed by atoms with Gasteiger partial charge < -0.3 is 5.32 Å². The zero-order chi connectivity index (χ0) is 20.5. The van der Waals surface area contributed by atoms with Gasteiger partial charge in [-0.15, -0.1) is 0 Å². The predicted molar refractivity (Wildman–Crippen MR) is 109 cm³/mol. The SMILES string of the molecule is Cc1ccc2c(c1)C(=O)C(/C=C/C(=O)c1ccccc1)(C(=O)NC(C)(C)C)C2. The molecule has 2 aromatic rings. The van der Waals surface area contributed by atoms with E-state index in [1.807, 2.05) is 52.0 Å². The highest BCUT2D eigenvalue weighted by Gasteiger charge is 2.50. The van der Waals surface area contributed by atoms with Crippen molar-refractivity contribution < 1.29 is 14.4 Å². The Labute approximate surface area is 165 Å². The fourth-order valence-electron chi connectivity index (χ4n) is 3.44. The van der Waals surface area contributed by atoms with Crippen molar-refractivity contribution in [3.8, 4) is 0 Å². The zero-order valence-corrected chi connectivity index (χ0v) is 16.7. The summed E-state index contributed by atoms with van der Waals surface area (Å²) in [5, 5.41) is 2.92. The third kappa shape index (κ3) is 3.81. The van der Waals surface area contributed by atoms with Crippen LogP contribution in [0.15, 0.2) is 60.7 Å². The van der Waals surface area contributed by atoms with E-state index in [4.69, 9.17) is 0 Å². The van der Waals surface area contributed by atoms with Crippen LogP contribution in [0.4, 0.5) is 0 Å². The Bertz CT molecular complexity index is 967. The summed E-state index contributed by atoms with van der Waals surface area (Å²) in [5.74, 6) is -0.871. The monoisotopic (exact) mass is 375 g/mol. The summed E-state index contributed by atoms with van der Waals surface area (Å²) in [4.78, 5) is 39.1. The van der Waals surface area contributed by atoms with Crippen LogP contribution in [-0.4, -0.2) is 23.0 Å². The van der Waals surface area contributed by atoms with Crippen molar-refractivity contribution in [2.24, 2.45) is 5.41 Å². The largest absolute Gasteiger partial charge is 0.350 e. The number of amides is 1. The van der Waals surface area contributed by atoms with E-state index in [-0.39, 0.29) is 23.9 Å². The van der Waals surface area contributed by atoms with Gasteiger partial charge in [-0.2, -0.15) is 0 Å². The molecule has 0 saturated heterocycles. The predicted octanol–water partition coefficient (Wildman–Crippen LogP) is 4.07. The molecule has 0 aromatic heterocycles. The van der Waals surface area contributed by atoms with Gasteiger partial charge in [0.2, 0.25) is 5.91 Å². The number of rotatable bonds is 4. The number of nitrogens with one attached hydrogen (secondary N) is 1. The molecule has 1 aliphatic rings. The smallest absolute Gasteiger partial charge is 0.238 e. The van der Waals surface area contributed by atoms with Gasteiger partial charge in [-0.1, -0.05) is 54.1 Å². The summed E-state index contributed by atoms with van der Waals surface area (Å²) < 4.78 is 0. The normalized spacial score (nSPS) is 18.9. The number of ketones is 2. The summed E-state index contributed by atoms with van der Waals surface area (Å²) in [7, 11) is 0. The molecule has 1 N–H and O–H groups in total. The molecule has 0 heterocycles. The molecule has 0 spiro atoms. The van der Waals surface area contributed by atoms with Crippen LogP contribution in [0.2, 0.25) is 0 Å². The number of Topliss-reactive ketones (excluding diaryl/α,β-unsaturated/α-hetero) is 1. The molecule has 1 amide bonds. The van der Waals surface area contributed by atoms with Gasteiger partial charge in [-0.3, -0.25) is 14.4 Å². The number of carbonyl (C=O) groups excluding carboxylic acids is 3. The van der Waals surface area contributed by atoms with Gasteiger partial charge in [0.05, 0.1) is 0 Å². The van der Waals surface area contributed by atoms with Gasteiger partial charge >= 0.3 is 0 Å². The molecule has 4 heteroatoms. The average Bonchev–Trinajstić information content (AvgIpc) is 2.92. The van der Waals surface area contributed by atoms with E-state index in [0.717, 1.165) is 11.1 Å². The number of carbonyl (C=O) groups is 3. The van der Waals surface area contributed by atoms with Gasteiger partial charge in [-0.05, 0) is 51.8 Å². The number of benzene rings is 2. The van der Waals surface area contributed by atoms with Crippen LogP contribution in [0.25, 0.3) is 0 Å². The molecule has 28 heavy (non-hydrogen) atoms. The van der Waals surface area contributed by atoms with Crippen molar-refractivity contribution >= 4 is 17.5 Å². The molecular weight excluding hydrogens is 350 g/mol. The maximum absolute atomic E-state index is 13.3. The Morgan fingerprint density at radius 1 is 1.07 bits per heavy atom. The topological polar surface area (TPSA) is 63.2 Å². The average molecular weight is 375 g/mol. The lowest BCUT2D eigenvalue weighted by molar-refractivity contribution is -0.127. The van der Waals surface area contributed by atoms with Gasteiger partial charge in [0, 0.05) is 16.7 Å². The first kappa shape index (κ1) is 19.7. The molecule has 1 unspecified atom stereocenters. The molecule has 1 aliphatic carbocycles. The van der Waals surface area contributed by atoms with Crippen molar-refractivity contribution in [2.45, 2.75) is 39.7 Å². The first-order valence-electron chi connectivity index (χ1n) is 9.38. The van der Waals surface area contributed by atoms with Crippen LogP contribution in [0, 0.1) is 12.3 Å². The highest BCUT2D eigenvalue weighted by molar-refractivity contribution is 6.19. The molecule has 4 nitrogen and oxygen atoms in total. The van der Waals surface area contributed by atoms with E-state index in [1.165, 1.54) is 12.2 Å². The molecule has 2 aromatic carbocycles. The van der Waals surface area contributed by atoms with Crippen molar-refractivity contribution in [2.75, 3.05) is 0 Å². The molecule has 1 atom stereocenters. The summed E-state index contributed by atoms with van der Waals surface area (Å²) in [6.07, 6.45) is 3.09. The Kier molecular flexibility index (Phi) is 5.07. The van der Waals surface area contributed by atoms with Crippen LogP contribution in [0.3, 0.4) is 0 Å². The zero-order valence-electron chi connectivity index (χ0n) is 16.7. The molecule has 144 valence electrons. The molecule has 3 rings (SSSR count). The third-order valence-electron chi connectivity index (χ3n) is 4.86. The van der Waals surface area contributed by atoms with E-state index in [2.05, 4.69) is 5.32 Å². The standard InChI is InChI=1S/C24H25NO3/c1-16-10-11-18-15-24(21(27)19(18)14-16,22(28)25-23(2,3)4)13-12-20(26)17-8-6-5-7-9-17/h5-14H,15H2,1-4H3,(H,25,28)/b13-12+. The number of hydrogen-bond acceptors (Lipinski definition) is 3. The van der Waals surface area contributed by atoms with Gasteiger partial charge in [-0.25, -0.2) is 0 Å². The van der Waals surface area contributed by atoms with Crippen molar-refractivity contribution in [3.05, 3.63) is 82.9 Å². The summed E-state index contributed by atoms with van der Waals surface area (Å²) in [5.41, 5.74) is 0.963. The molecular formula is C24H25NO3. The summed E-state index contributed by atoms with van der Waals surface area (Å²) >= 11 is 0. The maximum atomic E-state index is 13.3. The second-order valence-corrected chi connectivity index (χ2v) is 8.41. The Balaban J connectivity index is 2.02. The molecule has 0 fully saturated rings. The highest BCUT2D eigenvalue weighted by atomic mass is 16.2. The second kappa shape index (κ2) is 7.19. The molecule has 0 saturated carbocycles.